The summed E-state index contributed by atoms with van der Waals surface area (Å²) in [5, 5.41) is 4.29. The maximum Gasteiger partial charge on any atom is 0.416 e. The van der Waals surface area contributed by atoms with Gasteiger partial charge in [0.1, 0.15) is 16.9 Å². The van der Waals surface area contributed by atoms with Crippen molar-refractivity contribution in [2.45, 2.75) is 6.18 Å². The number of fused-ring (bicyclic) bond motifs is 3. The number of nitrogens with one attached hydrogen (secondary N) is 1. The summed E-state index contributed by atoms with van der Waals surface area (Å²) >= 11 is 0. The first-order valence-corrected chi connectivity index (χ1v) is 9.40. The number of benzene rings is 3. The second kappa shape index (κ2) is 8.26. The molecule has 0 unspecified atom stereocenters. The quantitative estimate of drug-likeness (QED) is 0.418. The van der Waals surface area contributed by atoms with E-state index in [1.165, 1.54) is 7.11 Å². The van der Waals surface area contributed by atoms with Gasteiger partial charge in [-0.2, -0.15) is 13.2 Å². The van der Waals surface area contributed by atoms with Crippen LogP contribution in [0.25, 0.3) is 21.9 Å². The smallest absolute Gasteiger partial charge is 0.416 e. The number of ether oxygens (including phenoxy) is 2. The van der Waals surface area contributed by atoms with Crippen molar-refractivity contribution in [2.75, 3.05) is 19.0 Å². The molecule has 1 heterocycles. The van der Waals surface area contributed by atoms with Crippen LogP contribution in [0.3, 0.4) is 0 Å². The van der Waals surface area contributed by atoms with Crippen molar-refractivity contribution in [3.8, 4) is 5.75 Å². The number of carbonyl (C=O) groups is 2. The topological polar surface area (TPSA) is 77.8 Å². The highest BCUT2D eigenvalue weighted by Crippen LogP contribution is 2.36. The number of furan rings is 1. The second-order valence-corrected chi connectivity index (χ2v) is 6.85. The van der Waals surface area contributed by atoms with Gasteiger partial charge in [0.15, 0.2) is 6.61 Å². The second-order valence-electron chi connectivity index (χ2n) is 6.85. The van der Waals surface area contributed by atoms with Gasteiger partial charge in [0.25, 0.3) is 5.91 Å². The lowest BCUT2D eigenvalue weighted by atomic mass is 10.1. The summed E-state index contributed by atoms with van der Waals surface area (Å²) in [6, 6.07) is 14.3. The molecule has 3 aromatic carbocycles. The van der Waals surface area contributed by atoms with Gasteiger partial charge in [0.05, 0.1) is 23.9 Å². The Labute approximate surface area is 179 Å². The molecule has 6 nitrogen and oxygen atoms in total. The number of hydrogen-bond acceptors (Lipinski definition) is 5. The molecule has 1 aromatic heterocycles. The molecule has 0 radical (unpaired) electrons. The first kappa shape index (κ1) is 21.2. The highest BCUT2D eigenvalue weighted by atomic mass is 19.4. The van der Waals surface area contributed by atoms with E-state index in [4.69, 9.17) is 13.9 Å². The van der Waals surface area contributed by atoms with Crippen LogP contribution in [-0.4, -0.2) is 25.6 Å². The summed E-state index contributed by atoms with van der Waals surface area (Å²) in [4.78, 5) is 24.3. The van der Waals surface area contributed by atoms with Crippen LogP contribution in [0.4, 0.5) is 18.9 Å². The van der Waals surface area contributed by atoms with Crippen LogP contribution in [0.15, 0.2) is 65.1 Å². The first-order chi connectivity index (χ1) is 15.3. The number of esters is 1. The van der Waals surface area contributed by atoms with Crippen LogP contribution in [0.1, 0.15) is 15.9 Å². The lowest BCUT2D eigenvalue weighted by Gasteiger charge is -2.11. The van der Waals surface area contributed by atoms with Gasteiger partial charge < -0.3 is 19.2 Å². The fourth-order valence-electron chi connectivity index (χ4n) is 3.21. The molecular formula is C23H16F3NO5. The molecule has 32 heavy (non-hydrogen) atoms. The minimum atomic E-state index is -4.51. The Hall–Kier alpha value is -4.01. The van der Waals surface area contributed by atoms with E-state index in [1.54, 1.807) is 12.1 Å². The number of amides is 1. The Kier molecular flexibility index (Phi) is 5.48. The fourth-order valence-corrected chi connectivity index (χ4v) is 3.21. The SMILES string of the molecule is COc1cc2c(cc1NC(=O)COC(=O)c1ccc(C(F)(F)F)cc1)oc1ccccc12. The summed E-state index contributed by atoms with van der Waals surface area (Å²) in [5.41, 5.74) is 0.532. The molecule has 164 valence electrons. The van der Waals surface area contributed by atoms with E-state index < -0.39 is 30.2 Å². The average Bonchev–Trinajstić information content (AvgIpc) is 3.13. The molecule has 4 aromatic rings. The molecule has 0 saturated carbocycles. The third kappa shape index (κ3) is 4.22. The Morgan fingerprint density at radius 3 is 2.38 bits per heavy atom. The minimum Gasteiger partial charge on any atom is -0.495 e. The van der Waals surface area contributed by atoms with Gasteiger partial charge in [0, 0.05) is 16.8 Å². The predicted octanol–water partition coefficient (Wildman–Crippen LogP) is 5.41. The minimum absolute atomic E-state index is 0.105. The van der Waals surface area contributed by atoms with Gasteiger partial charge in [-0.25, -0.2) is 4.79 Å². The molecule has 0 fully saturated rings. The lowest BCUT2D eigenvalue weighted by Crippen LogP contribution is -2.21. The van der Waals surface area contributed by atoms with Crippen LogP contribution in [0, 0.1) is 0 Å². The molecule has 0 aliphatic carbocycles. The number of carbonyl (C=O) groups excluding carboxylic acids is 2. The molecule has 1 amide bonds. The predicted molar refractivity (Wildman–Crippen MR) is 111 cm³/mol. The number of rotatable bonds is 5. The normalized spacial score (nSPS) is 11.5. The molecule has 1 N–H and O–H groups in total. The van der Waals surface area contributed by atoms with E-state index in [1.807, 2.05) is 24.3 Å². The molecule has 0 aliphatic heterocycles. The van der Waals surface area contributed by atoms with Crippen LogP contribution < -0.4 is 10.1 Å². The molecule has 9 heteroatoms. The van der Waals surface area contributed by atoms with Crippen molar-refractivity contribution in [3.63, 3.8) is 0 Å². The van der Waals surface area contributed by atoms with E-state index in [-0.39, 0.29) is 5.56 Å². The summed E-state index contributed by atoms with van der Waals surface area (Å²) < 4.78 is 53.9. The number of para-hydroxylation sites is 1. The Morgan fingerprint density at radius 1 is 0.969 bits per heavy atom. The Balaban J connectivity index is 1.45. The molecule has 0 atom stereocenters. The number of hydrogen-bond donors (Lipinski definition) is 1. The standard InChI is InChI=1S/C23H16F3NO5/c1-30-20-10-16-15-4-2-3-5-18(15)32-19(16)11-17(20)27-21(28)12-31-22(29)13-6-8-14(9-7-13)23(24,25)26/h2-11H,12H2,1H3,(H,27,28). The highest BCUT2D eigenvalue weighted by Gasteiger charge is 2.30. The monoisotopic (exact) mass is 443 g/mol. The third-order valence-corrected chi connectivity index (χ3v) is 4.76. The van der Waals surface area contributed by atoms with E-state index in [0.29, 0.717) is 22.6 Å². The summed E-state index contributed by atoms with van der Waals surface area (Å²) in [5.74, 6) is -1.20. The van der Waals surface area contributed by atoms with Crippen LogP contribution in [0.2, 0.25) is 0 Å². The lowest BCUT2D eigenvalue weighted by molar-refractivity contribution is -0.137. The van der Waals surface area contributed by atoms with Crippen LogP contribution in [0.5, 0.6) is 5.75 Å². The summed E-state index contributed by atoms with van der Waals surface area (Å²) in [7, 11) is 1.45. The summed E-state index contributed by atoms with van der Waals surface area (Å²) in [6.07, 6.45) is -4.51. The van der Waals surface area contributed by atoms with Crippen molar-refractivity contribution in [1.82, 2.24) is 0 Å². The number of alkyl halides is 3. The number of halogens is 3. The molecule has 4 rings (SSSR count). The van der Waals surface area contributed by atoms with Gasteiger partial charge in [-0.1, -0.05) is 18.2 Å². The molecule has 0 saturated heterocycles. The average molecular weight is 443 g/mol. The van der Waals surface area contributed by atoms with Gasteiger partial charge >= 0.3 is 12.1 Å². The van der Waals surface area contributed by atoms with Gasteiger partial charge in [-0.15, -0.1) is 0 Å². The largest absolute Gasteiger partial charge is 0.495 e. The van der Waals surface area contributed by atoms with Crippen molar-refractivity contribution >= 4 is 39.5 Å². The van der Waals surface area contributed by atoms with Crippen molar-refractivity contribution in [1.29, 1.82) is 0 Å². The molecule has 0 bridgehead atoms. The molecule has 0 aliphatic rings. The van der Waals surface area contributed by atoms with E-state index in [0.717, 1.165) is 35.0 Å². The van der Waals surface area contributed by atoms with Crippen molar-refractivity contribution in [2.24, 2.45) is 0 Å². The fraction of sp³-hybridized carbons (Fsp3) is 0.130. The van der Waals surface area contributed by atoms with Crippen molar-refractivity contribution in [3.05, 3.63) is 71.8 Å². The van der Waals surface area contributed by atoms with E-state index >= 15 is 0 Å². The first-order valence-electron chi connectivity index (χ1n) is 9.40. The van der Waals surface area contributed by atoms with E-state index in [2.05, 4.69) is 5.32 Å². The maximum atomic E-state index is 12.6. The van der Waals surface area contributed by atoms with Crippen LogP contribution in [-0.2, 0) is 15.7 Å². The van der Waals surface area contributed by atoms with Crippen molar-refractivity contribution < 1.29 is 36.7 Å². The maximum absolute atomic E-state index is 12.6. The number of anilines is 1. The Bertz CT molecular complexity index is 1310. The van der Waals surface area contributed by atoms with Gasteiger partial charge in [0.2, 0.25) is 0 Å². The highest BCUT2D eigenvalue weighted by molar-refractivity contribution is 6.08. The number of methoxy groups -OCH3 is 1. The summed E-state index contributed by atoms with van der Waals surface area (Å²) in [6.45, 7) is -0.638. The Morgan fingerprint density at radius 2 is 1.69 bits per heavy atom. The molecular weight excluding hydrogens is 427 g/mol. The zero-order valence-corrected chi connectivity index (χ0v) is 16.7. The van der Waals surface area contributed by atoms with Gasteiger partial charge in [-0.3, -0.25) is 4.79 Å². The zero-order valence-electron chi connectivity index (χ0n) is 16.7. The van der Waals surface area contributed by atoms with E-state index in [9.17, 15) is 22.8 Å². The van der Waals surface area contributed by atoms with Crippen LogP contribution >= 0.6 is 0 Å². The zero-order chi connectivity index (χ0) is 22.9. The molecule has 0 spiro atoms. The third-order valence-electron chi connectivity index (χ3n) is 4.76. The van der Waals surface area contributed by atoms with Gasteiger partial charge in [-0.05, 0) is 36.4 Å².